The molecule has 83 heavy (non-hydrogen) atoms. The van der Waals surface area contributed by atoms with Crippen molar-refractivity contribution in [2.24, 2.45) is 0 Å². The number of hydrogen-bond donors (Lipinski definition) is 0. The maximum Gasteiger partial charge on any atom is 0.0541 e. The van der Waals surface area contributed by atoms with E-state index in [1.165, 1.54) is 162 Å². The van der Waals surface area contributed by atoms with Crippen molar-refractivity contribution in [3.63, 3.8) is 0 Å². The van der Waals surface area contributed by atoms with Gasteiger partial charge in [-0.25, -0.2) is 0 Å². The molecule has 0 spiro atoms. The molecule has 1 aromatic heterocycles. The fourth-order valence-corrected chi connectivity index (χ4v) is 13.5. The quantitative estimate of drug-likeness (QED) is 0.0691. The van der Waals surface area contributed by atoms with Crippen molar-refractivity contribution in [1.82, 2.24) is 4.57 Å². The van der Waals surface area contributed by atoms with Gasteiger partial charge in [-0.2, -0.15) is 0 Å². The van der Waals surface area contributed by atoms with Crippen LogP contribution in [0.5, 0.6) is 0 Å². The summed E-state index contributed by atoms with van der Waals surface area (Å²) in [4.78, 5) is 2.49. The molecule has 0 saturated heterocycles. The monoisotopic (exact) mass is 1070 g/mol. The smallest absolute Gasteiger partial charge is 0.0541 e. The van der Waals surface area contributed by atoms with Crippen molar-refractivity contribution in [3.8, 4) is 61.3 Å². The summed E-state index contributed by atoms with van der Waals surface area (Å²) in [6.07, 6.45) is 15.8. The Balaban J connectivity index is 0.969. The van der Waals surface area contributed by atoms with E-state index in [4.69, 9.17) is 0 Å². The topological polar surface area (TPSA) is 8.17 Å². The third-order valence-electron chi connectivity index (χ3n) is 17.9. The number of benzene rings is 11. The number of aromatic nitrogens is 1. The Hall–Kier alpha value is -9.24. The van der Waals surface area contributed by atoms with Crippen molar-refractivity contribution < 1.29 is 0 Å². The first-order chi connectivity index (χ1) is 40.9. The molecule has 11 aromatic carbocycles. The Morgan fingerprint density at radius 1 is 0.361 bits per heavy atom. The summed E-state index contributed by atoms with van der Waals surface area (Å²) in [6, 6.07) is 91.3. The molecule has 0 N–H and O–H groups in total. The molecule has 0 atom stereocenters. The molecule has 0 saturated carbocycles. The number of rotatable bonds is 20. The Bertz CT molecular complexity index is 4170. The summed E-state index contributed by atoms with van der Waals surface area (Å²) in [7, 11) is 0. The molecular formula is C81H72N2. The van der Waals surface area contributed by atoms with Gasteiger partial charge in [0.15, 0.2) is 0 Å². The van der Waals surface area contributed by atoms with Crippen molar-refractivity contribution in [2.45, 2.75) is 83.5 Å². The molecule has 2 heteroatoms. The highest BCUT2D eigenvalue weighted by Crippen LogP contribution is 2.57. The first-order valence-electron chi connectivity index (χ1n) is 30.3. The van der Waals surface area contributed by atoms with Crippen molar-refractivity contribution in [1.29, 1.82) is 0 Å². The SMILES string of the molecule is C=Cc1ccc(-c2ccc3c(c2)c2cc(-c4ccc(C=C)cc4)ccc2n3-c2ccc3c(c2)C(CCCCCC)(CCCCCC)c2cc(N(c4ccc(-c5ccccc5)cc4)c4ccc(-c5ccc6ccccc6c5)cc4)ccc2-3)cc1. The van der Waals surface area contributed by atoms with Gasteiger partial charge in [0.2, 0.25) is 0 Å². The standard InChI is InChI=1S/C81H72N2/c1-5-9-11-18-50-81(51-19-12-10-6-2)77-55-71(82(69-40-34-61(35-41-69)59-20-14-13-15-21-59)70-42-36-64(37-43-70)66-33-32-60-22-16-17-23-65(60)52-66)44-46-73(77)74-47-45-72(56-78(74)81)83-79-48-38-67(62-28-24-57(7-3)25-29-62)53-75(79)76-54-68(39-49-80(76)83)63-30-26-58(8-4)27-31-63/h7-8,13-17,20-49,52-56H,3-6,9-12,18-19,50-51H2,1-2H3. The molecule has 1 heterocycles. The lowest BCUT2D eigenvalue weighted by atomic mass is 9.70. The Labute approximate surface area is 491 Å². The maximum absolute atomic E-state index is 4.02. The summed E-state index contributed by atoms with van der Waals surface area (Å²) in [5.41, 5.74) is 24.5. The van der Waals surface area contributed by atoms with E-state index in [-0.39, 0.29) is 5.41 Å². The first kappa shape index (κ1) is 53.1. The molecule has 1 aliphatic rings. The summed E-state index contributed by atoms with van der Waals surface area (Å²) in [5.74, 6) is 0. The summed E-state index contributed by atoms with van der Waals surface area (Å²) < 4.78 is 2.55. The Morgan fingerprint density at radius 3 is 1.34 bits per heavy atom. The van der Waals surface area contributed by atoms with Crippen LogP contribution in [0.25, 0.3) is 106 Å². The lowest BCUT2D eigenvalue weighted by Crippen LogP contribution is -2.26. The van der Waals surface area contributed by atoms with E-state index in [2.05, 4.69) is 279 Å². The molecule has 0 unspecified atom stereocenters. The van der Waals surface area contributed by atoms with Crippen molar-refractivity contribution >= 4 is 61.8 Å². The average molecular weight is 1070 g/mol. The molecule has 13 rings (SSSR count). The number of nitrogens with zero attached hydrogens (tertiary/aromatic N) is 2. The minimum Gasteiger partial charge on any atom is -0.310 e. The highest BCUT2D eigenvalue weighted by molar-refractivity contribution is 6.12. The zero-order valence-corrected chi connectivity index (χ0v) is 48.1. The summed E-state index contributed by atoms with van der Waals surface area (Å²) >= 11 is 0. The third kappa shape index (κ3) is 10.2. The molecule has 12 aromatic rings. The normalized spacial score (nSPS) is 12.4. The molecule has 0 bridgehead atoms. The Kier molecular flexibility index (Phi) is 14.9. The van der Waals surface area contributed by atoms with Crippen LogP contribution >= 0.6 is 0 Å². The van der Waals surface area contributed by atoms with Gasteiger partial charge in [0, 0.05) is 38.9 Å². The van der Waals surface area contributed by atoms with Crippen LogP contribution in [0.4, 0.5) is 17.1 Å². The second-order valence-electron chi connectivity index (χ2n) is 23.0. The predicted octanol–water partition coefficient (Wildman–Crippen LogP) is 23.6. The lowest BCUT2D eigenvalue weighted by molar-refractivity contribution is 0.401. The molecule has 406 valence electrons. The highest BCUT2D eigenvalue weighted by Gasteiger charge is 2.43. The van der Waals surface area contributed by atoms with E-state index in [9.17, 15) is 0 Å². The fraction of sp³-hybridized carbons (Fsp3) is 0.160. The summed E-state index contributed by atoms with van der Waals surface area (Å²) in [5, 5.41) is 5.00. The Morgan fingerprint density at radius 2 is 0.795 bits per heavy atom. The fourth-order valence-electron chi connectivity index (χ4n) is 13.5. The van der Waals surface area contributed by atoms with Crippen LogP contribution in [0.3, 0.4) is 0 Å². The lowest BCUT2D eigenvalue weighted by Gasteiger charge is -2.34. The van der Waals surface area contributed by atoms with Gasteiger partial charge < -0.3 is 9.47 Å². The van der Waals surface area contributed by atoms with Gasteiger partial charge in [0.1, 0.15) is 0 Å². The number of unbranched alkanes of at least 4 members (excludes halogenated alkanes) is 6. The van der Waals surface area contributed by atoms with Gasteiger partial charge in [-0.05, 0) is 180 Å². The predicted molar refractivity (Wildman–Crippen MR) is 359 cm³/mol. The highest BCUT2D eigenvalue weighted by atomic mass is 15.1. The summed E-state index contributed by atoms with van der Waals surface area (Å²) in [6.45, 7) is 12.7. The van der Waals surface area contributed by atoms with E-state index < -0.39 is 0 Å². The van der Waals surface area contributed by atoms with E-state index >= 15 is 0 Å². The van der Waals surface area contributed by atoms with Gasteiger partial charge in [0.05, 0.1) is 11.0 Å². The number of anilines is 3. The van der Waals surface area contributed by atoms with Crippen LogP contribution in [0.1, 0.15) is 100 Å². The van der Waals surface area contributed by atoms with Gasteiger partial charge in [-0.15, -0.1) is 0 Å². The van der Waals surface area contributed by atoms with E-state index in [1.807, 2.05) is 12.2 Å². The van der Waals surface area contributed by atoms with E-state index in [0.717, 1.165) is 35.3 Å². The van der Waals surface area contributed by atoms with Crippen LogP contribution in [-0.2, 0) is 5.41 Å². The van der Waals surface area contributed by atoms with Crippen LogP contribution in [0.2, 0.25) is 0 Å². The van der Waals surface area contributed by atoms with E-state index in [0.29, 0.717) is 0 Å². The zero-order valence-electron chi connectivity index (χ0n) is 48.1. The minimum absolute atomic E-state index is 0.185. The molecule has 2 nitrogen and oxygen atoms in total. The molecule has 1 aliphatic carbocycles. The zero-order chi connectivity index (χ0) is 56.3. The van der Waals surface area contributed by atoms with Gasteiger partial charge >= 0.3 is 0 Å². The van der Waals surface area contributed by atoms with E-state index in [1.54, 1.807) is 0 Å². The van der Waals surface area contributed by atoms with Crippen LogP contribution in [0, 0.1) is 0 Å². The number of fused-ring (bicyclic) bond motifs is 7. The molecule has 0 fully saturated rings. The first-order valence-corrected chi connectivity index (χ1v) is 30.3. The average Bonchev–Trinajstić information content (AvgIpc) is 3.47. The second kappa shape index (κ2) is 23.3. The van der Waals surface area contributed by atoms with Crippen LogP contribution < -0.4 is 4.90 Å². The molecular weight excluding hydrogens is 1000 g/mol. The van der Waals surface area contributed by atoms with Crippen LogP contribution in [-0.4, -0.2) is 4.57 Å². The maximum atomic E-state index is 4.02. The van der Waals surface area contributed by atoms with Crippen molar-refractivity contribution in [2.75, 3.05) is 4.90 Å². The number of hydrogen-bond acceptors (Lipinski definition) is 1. The van der Waals surface area contributed by atoms with Crippen LogP contribution in [0.15, 0.2) is 256 Å². The van der Waals surface area contributed by atoms with Crippen molar-refractivity contribution in [3.05, 3.63) is 278 Å². The molecule has 0 amide bonds. The van der Waals surface area contributed by atoms with Gasteiger partial charge in [0.25, 0.3) is 0 Å². The van der Waals surface area contributed by atoms with Gasteiger partial charge in [-0.1, -0.05) is 254 Å². The largest absolute Gasteiger partial charge is 0.310 e. The second-order valence-corrected chi connectivity index (χ2v) is 23.0. The minimum atomic E-state index is -0.185. The van der Waals surface area contributed by atoms with Gasteiger partial charge in [-0.3, -0.25) is 0 Å². The third-order valence-corrected chi connectivity index (χ3v) is 17.9. The molecule has 0 aliphatic heterocycles. The molecule has 0 radical (unpaired) electrons.